The first-order chi connectivity index (χ1) is 9.27. The summed E-state index contributed by atoms with van der Waals surface area (Å²) in [5.74, 6) is -2.34. The van der Waals surface area contributed by atoms with Gasteiger partial charge >= 0.3 is 5.97 Å². The molecule has 1 unspecified atom stereocenters. The lowest BCUT2D eigenvalue weighted by molar-refractivity contribution is -0.197. The van der Waals surface area contributed by atoms with Crippen molar-refractivity contribution >= 4 is 40.5 Å². The maximum atomic E-state index is 11.6. The van der Waals surface area contributed by atoms with E-state index in [4.69, 9.17) is 4.55 Å². The fourth-order valence-corrected chi connectivity index (χ4v) is 2.54. The maximum absolute atomic E-state index is 11.6. The molecule has 1 rings (SSSR count). The lowest BCUT2D eigenvalue weighted by atomic mass is 10.2. The number of hydroxylamine groups is 2. The van der Waals surface area contributed by atoms with E-state index in [1.165, 1.54) is 0 Å². The van der Waals surface area contributed by atoms with Crippen LogP contribution in [0.25, 0.3) is 0 Å². The van der Waals surface area contributed by atoms with Gasteiger partial charge in [-0.2, -0.15) is 21.0 Å². The summed E-state index contributed by atoms with van der Waals surface area (Å²) in [4.78, 5) is 38.9. The van der Waals surface area contributed by atoms with E-state index in [0.717, 1.165) is 12.8 Å². The van der Waals surface area contributed by atoms with E-state index in [2.05, 4.69) is 17.5 Å². The van der Waals surface area contributed by atoms with Gasteiger partial charge in [-0.25, -0.2) is 4.79 Å². The molecule has 1 saturated heterocycles. The molecule has 1 fully saturated rings. The number of carbonyl (C=O) groups excluding carboxylic acids is 3. The van der Waals surface area contributed by atoms with Gasteiger partial charge in [-0.05, 0) is 18.6 Å². The Morgan fingerprint density at radius 3 is 2.50 bits per heavy atom. The molecule has 0 aliphatic carbocycles. The van der Waals surface area contributed by atoms with Gasteiger partial charge in [-0.1, -0.05) is 6.42 Å². The molecule has 1 atom stereocenters. The highest BCUT2D eigenvalue weighted by atomic mass is 32.2. The zero-order valence-corrected chi connectivity index (χ0v) is 12.2. The van der Waals surface area contributed by atoms with Crippen LogP contribution in [-0.2, 0) is 29.3 Å². The third-order valence-corrected chi connectivity index (χ3v) is 4.06. The first kappa shape index (κ1) is 16.9. The molecule has 10 heteroatoms. The van der Waals surface area contributed by atoms with Gasteiger partial charge in [0.2, 0.25) is 0 Å². The Kier molecular flexibility index (Phi) is 5.96. The second kappa shape index (κ2) is 7.04. The van der Waals surface area contributed by atoms with E-state index in [-0.39, 0.29) is 11.5 Å². The van der Waals surface area contributed by atoms with E-state index in [1.807, 2.05) is 0 Å². The minimum absolute atomic E-state index is 0.00137. The van der Waals surface area contributed by atoms with Crippen LogP contribution < -0.4 is 0 Å². The number of hydrogen-bond acceptors (Lipinski definition) is 7. The first-order valence-corrected chi connectivity index (χ1v) is 8.05. The van der Waals surface area contributed by atoms with Crippen LogP contribution in [0.5, 0.6) is 0 Å². The van der Waals surface area contributed by atoms with Gasteiger partial charge in [0, 0.05) is 6.42 Å². The topological polar surface area (TPSA) is 118 Å². The van der Waals surface area contributed by atoms with Crippen molar-refractivity contribution in [3.05, 3.63) is 0 Å². The van der Waals surface area contributed by atoms with Crippen molar-refractivity contribution in [2.24, 2.45) is 0 Å². The van der Waals surface area contributed by atoms with Gasteiger partial charge in [0.25, 0.3) is 21.9 Å². The van der Waals surface area contributed by atoms with Gasteiger partial charge in [0.05, 0.1) is 6.42 Å². The van der Waals surface area contributed by atoms with Crippen LogP contribution in [0.15, 0.2) is 0 Å². The third-order valence-electron chi connectivity index (χ3n) is 2.65. The van der Waals surface area contributed by atoms with E-state index in [9.17, 15) is 22.8 Å². The highest BCUT2D eigenvalue weighted by molar-refractivity contribution is 7.87. The summed E-state index contributed by atoms with van der Waals surface area (Å²) in [6, 6.07) is 0. The first-order valence-electron chi connectivity index (χ1n) is 5.92. The number of carbonyl (C=O) groups is 3. The van der Waals surface area contributed by atoms with Crippen LogP contribution in [0.1, 0.15) is 32.1 Å². The zero-order valence-electron chi connectivity index (χ0n) is 10.5. The monoisotopic (exact) mass is 325 g/mol. The van der Waals surface area contributed by atoms with Gasteiger partial charge in [0.1, 0.15) is 0 Å². The average Bonchev–Trinajstić information content (AvgIpc) is 2.62. The summed E-state index contributed by atoms with van der Waals surface area (Å²) in [6.07, 6.45) is 1.35. The van der Waals surface area contributed by atoms with E-state index >= 15 is 0 Å². The normalized spacial score (nSPS) is 19.5. The Morgan fingerprint density at radius 1 is 1.35 bits per heavy atom. The Bertz CT molecular complexity index is 502. The van der Waals surface area contributed by atoms with Crippen molar-refractivity contribution in [3.8, 4) is 0 Å². The van der Waals surface area contributed by atoms with Crippen LogP contribution in [0.3, 0.4) is 0 Å². The molecule has 1 aliphatic rings. The summed E-state index contributed by atoms with van der Waals surface area (Å²) in [6.45, 7) is 0. The molecule has 0 aromatic carbocycles. The molecule has 0 spiro atoms. The van der Waals surface area contributed by atoms with Crippen molar-refractivity contribution in [1.29, 1.82) is 0 Å². The molecule has 1 heterocycles. The van der Waals surface area contributed by atoms with Crippen molar-refractivity contribution in [2.45, 2.75) is 37.4 Å². The number of unbranched alkanes of at least 4 members (excludes halogenated alkanes) is 2. The van der Waals surface area contributed by atoms with Crippen LogP contribution >= 0.6 is 12.6 Å². The molecular formula is C10H15NO7S2. The number of nitrogens with zero attached hydrogens (tertiary/aromatic N) is 1. The summed E-state index contributed by atoms with van der Waals surface area (Å²) in [5.41, 5.74) is 0. The minimum Gasteiger partial charge on any atom is -0.330 e. The maximum Gasteiger partial charge on any atom is 0.333 e. The number of imide groups is 1. The van der Waals surface area contributed by atoms with Crippen LogP contribution in [0.2, 0.25) is 0 Å². The van der Waals surface area contributed by atoms with Crippen molar-refractivity contribution in [2.75, 3.05) is 5.75 Å². The van der Waals surface area contributed by atoms with Crippen molar-refractivity contribution in [1.82, 2.24) is 5.06 Å². The van der Waals surface area contributed by atoms with E-state index < -0.39 is 39.6 Å². The van der Waals surface area contributed by atoms with Gasteiger partial charge in [-0.3, -0.25) is 14.1 Å². The summed E-state index contributed by atoms with van der Waals surface area (Å²) in [7, 11) is -4.69. The lowest BCUT2D eigenvalue weighted by Crippen LogP contribution is -2.36. The predicted octanol–water partition coefficient (Wildman–Crippen LogP) is -0.0499. The summed E-state index contributed by atoms with van der Waals surface area (Å²) in [5, 5.41) is -1.79. The Balaban J connectivity index is 2.54. The molecule has 114 valence electrons. The minimum atomic E-state index is -4.69. The molecule has 0 aromatic heterocycles. The number of amides is 2. The van der Waals surface area contributed by atoms with Crippen LogP contribution in [0.4, 0.5) is 0 Å². The lowest BCUT2D eigenvalue weighted by Gasteiger charge is -2.13. The summed E-state index contributed by atoms with van der Waals surface area (Å²) < 4.78 is 30.5. The molecule has 1 N–H and O–H groups in total. The molecule has 0 aromatic rings. The fourth-order valence-electron chi connectivity index (χ4n) is 1.62. The Morgan fingerprint density at radius 2 is 2.00 bits per heavy atom. The molecule has 2 amide bonds. The molecular weight excluding hydrogens is 310 g/mol. The van der Waals surface area contributed by atoms with E-state index in [1.54, 1.807) is 0 Å². The van der Waals surface area contributed by atoms with Crippen molar-refractivity contribution in [3.63, 3.8) is 0 Å². The molecule has 0 radical (unpaired) electrons. The molecule has 20 heavy (non-hydrogen) atoms. The SMILES string of the molecule is O=C(CCCCCS)ON1C(=O)CC(S(=O)(=O)O)C1=O. The van der Waals surface area contributed by atoms with Crippen molar-refractivity contribution < 1.29 is 32.2 Å². The summed E-state index contributed by atoms with van der Waals surface area (Å²) >= 11 is 4.01. The van der Waals surface area contributed by atoms with Gasteiger partial charge in [0.15, 0.2) is 5.25 Å². The number of hydrogen-bond donors (Lipinski definition) is 2. The van der Waals surface area contributed by atoms with Gasteiger partial charge in [-0.15, -0.1) is 5.06 Å². The van der Waals surface area contributed by atoms with Crippen LogP contribution in [0, 0.1) is 0 Å². The Labute approximate surface area is 121 Å². The van der Waals surface area contributed by atoms with E-state index in [0.29, 0.717) is 12.2 Å². The highest BCUT2D eigenvalue weighted by Gasteiger charge is 2.48. The molecule has 0 bridgehead atoms. The molecule has 1 aliphatic heterocycles. The zero-order chi connectivity index (χ0) is 15.3. The molecule has 8 nitrogen and oxygen atoms in total. The number of thiol groups is 1. The predicted molar refractivity (Wildman–Crippen MR) is 70.2 cm³/mol. The highest BCUT2D eigenvalue weighted by Crippen LogP contribution is 2.20. The second-order valence-corrected chi connectivity index (χ2v) is 6.28. The Hall–Kier alpha value is -1.13. The molecule has 0 saturated carbocycles. The van der Waals surface area contributed by atoms with Crippen LogP contribution in [-0.4, -0.2) is 46.8 Å². The smallest absolute Gasteiger partial charge is 0.330 e. The third kappa shape index (κ3) is 4.46. The van der Waals surface area contributed by atoms with Gasteiger partial charge < -0.3 is 4.84 Å². The second-order valence-electron chi connectivity index (χ2n) is 4.23. The standard InChI is InChI=1S/C10H15NO7S2/c12-8-6-7(20(15,16)17)10(14)11(8)18-9(13)4-2-1-3-5-19/h7,19H,1-6H2,(H,15,16,17). The average molecular weight is 325 g/mol. The number of rotatable bonds is 7. The largest absolute Gasteiger partial charge is 0.333 e. The quantitative estimate of drug-likeness (QED) is 0.291. The fraction of sp³-hybridized carbons (Fsp3) is 0.700.